The fraction of sp³-hybridized carbons (Fsp3) is 0.467. The van der Waals surface area contributed by atoms with E-state index in [4.69, 9.17) is 10.9 Å². The highest BCUT2D eigenvalue weighted by Gasteiger charge is 2.38. The normalized spacial score (nSPS) is 18.3. The summed E-state index contributed by atoms with van der Waals surface area (Å²) in [4.78, 5) is 12.6. The molecule has 1 aromatic rings. The Morgan fingerprint density at radius 2 is 2.05 bits per heavy atom. The van der Waals surface area contributed by atoms with E-state index in [-0.39, 0.29) is 11.7 Å². The molecule has 0 bridgehead atoms. The first-order valence-electron chi connectivity index (χ1n) is 7.05. The minimum atomic E-state index is -0.743. The third-order valence-corrected chi connectivity index (χ3v) is 4.72. The Balaban J connectivity index is 2.28. The number of hydrogen-bond acceptors (Lipinski definition) is 3. The summed E-state index contributed by atoms with van der Waals surface area (Å²) in [5.74, 6) is -0.126. The lowest BCUT2D eigenvalue weighted by atomic mass is 9.80. The average Bonchev–Trinajstić information content (AvgIpc) is 2.49. The van der Waals surface area contributed by atoms with Crippen LogP contribution in [0.3, 0.4) is 0 Å². The monoisotopic (exact) mass is 353 g/mol. The van der Waals surface area contributed by atoms with E-state index in [0.717, 1.165) is 29.3 Å². The fourth-order valence-corrected chi connectivity index (χ4v) is 3.22. The summed E-state index contributed by atoms with van der Waals surface area (Å²) in [6.45, 7) is 1.93. The molecule has 1 aliphatic rings. The lowest BCUT2D eigenvalue weighted by Gasteiger charge is -2.36. The summed E-state index contributed by atoms with van der Waals surface area (Å²) in [7, 11) is 0. The summed E-state index contributed by atoms with van der Waals surface area (Å²) in [5.41, 5.74) is 6.67. The number of amides is 1. The molecule has 2 rings (SSSR count). The molecule has 1 saturated carbocycles. The van der Waals surface area contributed by atoms with Crippen molar-refractivity contribution in [2.75, 3.05) is 0 Å². The lowest BCUT2D eigenvalue weighted by Crippen LogP contribution is -2.58. The number of oxime groups is 1. The summed E-state index contributed by atoms with van der Waals surface area (Å²) in [6.07, 6.45) is 4.39. The Bertz CT molecular complexity index is 566. The number of aryl methyl sites for hydroxylation is 1. The van der Waals surface area contributed by atoms with Crippen LogP contribution >= 0.6 is 15.9 Å². The predicted octanol–water partition coefficient (Wildman–Crippen LogP) is 2.94. The molecule has 114 valence electrons. The Hall–Kier alpha value is -1.56. The predicted molar refractivity (Wildman–Crippen MR) is 85.6 cm³/mol. The van der Waals surface area contributed by atoms with Crippen molar-refractivity contribution in [2.45, 2.75) is 44.6 Å². The van der Waals surface area contributed by atoms with Crippen molar-refractivity contribution < 1.29 is 10.0 Å². The molecule has 1 aromatic carbocycles. The highest BCUT2D eigenvalue weighted by molar-refractivity contribution is 9.10. The van der Waals surface area contributed by atoms with Gasteiger partial charge in [-0.2, -0.15) is 0 Å². The number of nitrogens with two attached hydrogens (primary N) is 1. The van der Waals surface area contributed by atoms with E-state index in [1.54, 1.807) is 0 Å². The standard InChI is InChI=1S/C15H20BrN3O2/c1-10-5-6-12(16)11(9-10)13(20)18-15(14(17)19-21)7-3-2-4-8-15/h5-6,9,21H,2-4,7-8H2,1H3,(H2,17,19)(H,18,20). The number of carbonyl (C=O) groups excluding carboxylic acids is 1. The van der Waals surface area contributed by atoms with Crippen LogP contribution in [-0.4, -0.2) is 22.5 Å². The van der Waals surface area contributed by atoms with Gasteiger partial charge in [-0.25, -0.2) is 0 Å². The maximum Gasteiger partial charge on any atom is 0.253 e. The Labute approximate surface area is 132 Å². The molecule has 0 spiro atoms. The van der Waals surface area contributed by atoms with Crippen LogP contribution in [-0.2, 0) is 0 Å². The zero-order valence-corrected chi connectivity index (χ0v) is 13.6. The second-order valence-electron chi connectivity index (χ2n) is 5.57. The maximum absolute atomic E-state index is 12.6. The van der Waals surface area contributed by atoms with Gasteiger partial charge in [0, 0.05) is 4.47 Å². The van der Waals surface area contributed by atoms with Gasteiger partial charge in [0.2, 0.25) is 0 Å². The Kier molecular flexibility index (Phi) is 4.88. The van der Waals surface area contributed by atoms with Crippen LogP contribution in [0.15, 0.2) is 27.8 Å². The minimum absolute atomic E-state index is 0.0827. The topological polar surface area (TPSA) is 87.7 Å². The number of rotatable bonds is 3. The first-order valence-corrected chi connectivity index (χ1v) is 7.84. The van der Waals surface area contributed by atoms with Crippen molar-refractivity contribution in [2.24, 2.45) is 10.9 Å². The Morgan fingerprint density at radius 1 is 1.38 bits per heavy atom. The molecule has 0 saturated heterocycles. The van der Waals surface area contributed by atoms with Crippen LogP contribution in [0.2, 0.25) is 0 Å². The summed E-state index contributed by atoms with van der Waals surface area (Å²) in [6, 6.07) is 5.60. The van der Waals surface area contributed by atoms with E-state index in [1.165, 1.54) is 0 Å². The molecule has 4 N–H and O–H groups in total. The van der Waals surface area contributed by atoms with Crippen molar-refractivity contribution in [3.05, 3.63) is 33.8 Å². The second-order valence-corrected chi connectivity index (χ2v) is 6.42. The fourth-order valence-electron chi connectivity index (χ4n) is 2.79. The van der Waals surface area contributed by atoms with Crippen molar-refractivity contribution in [1.29, 1.82) is 0 Å². The van der Waals surface area contributed by atoms with Crippen LogP contribution in [0, 0.1) is 6.92 Å². The van der Waals surface area contributed by atoms with Crippen LogP contribution in [0.4, 0.5) is 0 Å². The summed E-state index contributed by atoms with van der Waals surface area (Å²) >= 11 is 3.40. The number of nitrogens with zero attached hydrogens (tertiary/aromatic N) is 1. The smallest absolute Gasteiger partial charge is 0.253 e. The van der Waals surface area contributed by atoms with Gasteiger partial charge in [-0.05, 0) is 47.8 Å². The Morgan fingerprint density at radius 3 is 2.67 bits per heavy atom. The van der Waals surface area contributed by atoms with E-state index in [0.29, 0.717) is 18.4 Å². The molecular formula is C15H20BrN3O2. The van der Waals surface area contributed by atoms with E-state index in [9.17, 15) is 4.79 Å². The van der Waals surface area contributed by atoms with E-state index >= 15 is 0 Å². The van der Waals surface area contributed by atoms with Gasteiger partial charge in [-0.15, -0.1) is 0 Å². The van der Waals surface area contributed by atoms with Crippen molar-refractivity contribution in [1.82, 2.24) is 5.32 Å². The number of halogens is 1. The molecule has 0 heterocycles. The van der Waals surface area contributed by atoms with Crippen molar-refractivity contribution in [3.8, 4) is 0 Å². The number of amidine groups is 1. The minimum Gasteiger partial charge on any atom is -0.409 e. The quantitative estimate of drug-likeness (QED) is 0.338. The van der Waals surface area contributed by atoms with Gasteiger partial charge < -0.3 is 16.3 Å². The van der Waals surface area contributed by atoms with Crippen LogP contribution < -0.4 is 11.1 Å². The van der Waals surface area contributed by atoms with E-state index in [2.05, 4.69) is 26.4 Å². The average molecular weight is 354 g/mol. The molecule has 0 radical (unpaired) electrons. The number of hydrogen-bond donors (Lipinski definition) is 3. The van der Waals surface area contributed by atoms with Gasteiger partial charge in [0.1, 0.15) is 5.54 Å². The largest absolute Gasteiger partial charge is 0.409 e. The van der Waals surface area contributed by atoms with Crippen LogP contribution in [0.1, 0.15) is 48.0 Å². The third-order valence-electron chi connectivity index (χ3n) is 4.02. The number of nitrogens with one attached hydrogen (secondary N) is 1. The van der Waals surface area contributed by atoms with Crippen molar-refractivity contribution in [3.63, 3.8) is 0 Å². The molecular weight excluding hydrogens is 334 g/mol. The van der Waals surface area contributed by atoms with Gasteiger partial charge in [-0.1, -0.05) is 36.0 Å². The molecule has 21 heavy (non-hydrogen) atoms. The third kappa shape index (κ3) is 3.37. The van der Waals surface area contributed by atoms with Gasteiger partial charge in [0.05, 0.1) is 5.56 Å². The highest BCUT2D eigenvalue weighted by atomic mass is 79.9. The summed E-state index contributed by atoms with van der Waals surface area (Å²) < 4.78 is 0.732. The molecule has 1 fully saturated rings. The highest BCUT2D eigenvalue weighted by Crippen LogP contribution is 2.29. The van der Waals surface area contributed by atoms with Gasteiger partial charge >= 0.3 is 0 Å². The van der Waals surface area contributed by atoms with Gasteiger partial charge in [-0.3, -0.25) is 4.79 Å². The SMILES string of the molecule is Cc1ccc(Br)c(C(=O)NC2(/C(N)=N/O)CCCCC2)c1. The van der Waals surface area contributed by atoms with Crippen LogP contribution in [0.5, 0.6) is 0 Å². The zero-order valence-electron chi connectivity index (χ0n) is 12.0. The molecule has 0 unspecified atom stereocenters. The number of benzene rings is 1. The number of carbonyl (C=O) groups is 1. The van der Waals surface area contributed by atoms with Gasteiger partial charge in [0.25, 0.3) is 5.91 Å². The van der Waals surface area contributed by atoms with E-state index in [1.807, 2.05) is 25.1 Å². The molecule has 6 heteroatoms. The first kappa shape index (κ1) is 15.8. The molecule has 1 amide bonds. The lowest BCUT2D eigenvalue weighted by molar-refractivity contribution is 0.0905. The molecule has 5 nitrogen and oxygen atoms in total. The summed E-state index contributed by atoms with van der Waals surface area (Å²) in [5, 5.41) is 15.2. The zero-order chi connectivity index (χ0) is 15.5. The molecule has 0 aliphatic heterocycles. The molecule has 0 atom stereocenters. The first-order chi connectivity index (χ1) is 9.98. The molecule has 1 aliphatic carbocycles. The van der Waals surface area contributed by atoms with E-state index < -0.39 is 5.54 Å². The molecule has 0 aromatic heterocycles. The van der Waals surface area contributed by atoms with Crippen LogP contribution in [0.25, 0.3) is 0 Å². The van der Waals surface area contributed by atoms with Gasteiger partial charge in [0.15, 0.2) is 5.84 Å². The second kappa shape index (κ2) is 6.47. The maximum atomic E-state index is 12.6. The van der Waals surface area contributed by atoms with Crippen molar-refractivity contribution >= 4 is 27.7 Å².